The highest BCUT2D eigenvalue weighted by Crippen LogP contribution is 2.28. The zero-order valence-electron chi connectivity index (χ0n) is 20.7. The highest BCUT2D eigenvalue weighted by atomic mass is 19.1. The van der Waals surface area contributed by atoms with Gasteiger partial charge in [0.1, 0.15) is 29.0 Å². The number of nitrogens with one attached hydrogen (secondary N) is 4. The minimum Gasteiger partial charge on any atom is -0.482 e. The molecule has 0 bridgehead atoms. The molecule has 2 amide bonds. The lowest BCUT2D eigenvalue weighted by Crippen LogP contribution is -2.26. The van der Waals surface area contributed by atoms with Gasteiger partial charge in [0, 0.05) is 18.8 Å². The van der Waals surface area contributed by atoms with Crippen LogP contribution < -0.4 is 20.7 Å². The number of ether oxygens (including phenoxy) is 1. The number of halogens is 1. The molecule has 0 radical (unpaired) electrons. The van der Waals surface area contributed by atoms with Crippen LogP contribution in [0.3, 0.4) is 0 Å². The number of fused-ring (bicyclic) bond motifs is 2. The number of nitrogens with zero attached hydrogens (tertiary/aromatic N) is 2. The Morgan fingerprint density at radius 1 is 1.18 bits per heavy atom. The Kier molecular flexibility index (Phi) is 7.46. The largest absolute Gasteiger partial charge is 0.482 e. The molecule has 0 aliphatic carbocycles. The summed E-state index contributed by atoms with van der Waals surface area (Å²) in [5.74, 6) is -1.45. The van der Waals surface area contributed by atoms with Crippen LogP contribution in [-0.4, -0.2) is 51.0 Å². The van der Waals surface area contributed by atoms with E-state index in [4.69, 9.17) is 9.84 Å². The maximum absolute atomic E-state index is 12.8. The highest BCUT2D eigenvalue weighted by Gasteiger charge is 2.20. The van der Waals surface area contributed by atoms with E-state index in [0.717, 1.165) is 30.4 Å². The molecule has 11 nitrogen and oxygen atoms in total. The zero-order valence-corrected chi connectivity index (χ0v) is 20.7. The first-order valence-corrected chi connectivity index (χ1v) is 12.3. The van der Waals surface area contributed by atoms with Crippen LogP contribution in [0.1, 0.15) is 50.9 Å². The zero-order chi connectivity index (χ0) is 27.4. The van der Waals surface area contributed by atoms with Crippen molar-refractivity contribution in [1.82, 2.24) is 25.6 Å². The van der Waals surface area contributed by atoms with Gasteiger partial charge in [0.25, 0.3) is 11.8 Å². The van der Waals surface area contributed by atoms with E-state index in [1.165, 1.54) is 18.7 Å². The van der Waals surface area contributed by atoms with Crippen molar-refractivity contribution < 1.29 is 28.6 Å². The first-order valence-electron chi connectivity index (χ1n) is 12.3. The molecule has 2 aliphatic rings. The maximum atomic E-state index is 12.8. The Bertz CT molecular complexity index is 1550. The van der Waals surface area contributed by atoms with Gasteiger partial charge in [0.2, 0.25) is 0 Å². The standard InChI is InChI=1S/C17H13N5O5.C10H12FN/c23-12-6-27-11-2-1-8(3-10(11)22-12)4-19-16(24)15-14-13(20-7-21-15)9(5-18-14)17(25)26;11-9-4-1-3-8(7-9)10-5-2-6-12-10/h1-3,5,7,18H,4,6H2,(H,19,24)(H,22,23)(H,25,26);1,3-4,7,10,12H,2,5-6H2. The summed E-state index contributed by atoms with van der Waals surface area (Å²) in [6, 6.07) is 12.4. The van der Waals surface area contributed by atoms with Crippen molar-refractivity contribution in [2.24, 2.45) is 0 Å². The number of carbonyl (C=O) groups excluding carboxylic acids is 2. The molecule has 2 aromatic carbocycles. The summed E-state index contributed by atoms with van der Waals surface area (Å²) in [7, 11) is 0. The summed E-state index contributed by atoms with van der Waals surface area (Å²) in [5.41, 5.74) is 2.78. The number of carbonyl (C=O) groups is 3. The van der Waals surface area contributed by atoms with Gasteiger partial charge < -0.3 is 30.8 Å². The second-order valence-corrected chi connectivity index (χ2v) is 9.01. The smallest absolute Gasteiger partial charge is 0.339 e. The van der Waals surface area contributed by atoms with E-state index < -0.39 is 11.9 Å². The van der Waals surface area contributed by atoms with Gasteiger partial charge >= 0.3 is 5.97 Å². The van der Waals surface area contributed by atoms with Gasteiger partial charge in [-0.3, -0.25) is 9.59 Å². The topological polar surface area (TPSA) is 158 Å². The molecule has 4 aromatic rings. The van der Waals surface area contributed by atoms with E-state index in [1.807, 2.05) is 6.07 Å². The number of carboxylic acid groups (broad SMARTS) is 1. The van der Waals surface area contributed by atoms with Crippen LogP contribution in [0.2, 0.25) is 0 Å². The number of rotatable bonds is 5. The van der Waals surface area contributed by atoms with Crippen LogP contribution in [0.25, 0.3) is 11.0 Å². The van der Waals surface area contributed by atoms with Gasteiger partial charge in [-0.2, -0.15) is 0 Å². The number of aromatic carboxylic acids is 1. The van der Waals surface area contributed by atoms with Gasteiger partial charge in [-0.1, -0.05) is 18.2 Å². The van der Waals surface area contributed by atoms with E-state index in [0.29, 0.717) is 17.5 Å². The monoisotopic (exact) mass is 532 g/mol. The summed E-state index contributed by atoms with van der Waals surface area (Å²) >= 11 is 0. The van der Waals surface area contributed by atoms with Gasteiger partial charge in [0.05, 0.1) is 11.2 Å². The molecule has 2 aliphatic heterocycles. The van der Waals surface area contributed by atoms with Crippen molar-refractivity contribution in [3.8, 4) is 5.75 Å². The first-order chi connectivity index (χ1) is 18.9. The van der Waals surface area contributed by atoms with Gasteiger partial charge in [-0.05, 0) is 54.8 Å². The molecule has 2 aromatic heterocycles. The number of carboxylic acids is 1. The molecule has 1 atom stereocenters. The van der Waals surface area contributed by atoms with Crippen molar-refractivity contribution in [2.45, 2.75) is 25.4 Å². The molecule has 39 heavy (non-hydrogen) atoms. The molecule has 5 N–H and O–H groups in total. The number of amides is 2. The van der Waals surface area contributed by atoms with E-state index in [1.54, 1.807) is 30.3 Å². The molecule has 1 fully saturated rings. The fourth-order valence-corrected chi connectivity index (χ4v) is 4.47. The van der Waals surface area contributed by atoms with Crippen molar-refractivity contribution in [1.29, 1.82) is 0 Å². The third-order valence-electron chi connectivity index (χ3n) is 6.35. The molecular weight excluding hydrogens is 507 g/mol. The van der Waals surface area contributed by atoms with Crippen molar-refractivity contribution in [2.75, 3.05) is 18.5 Å². The average Bonchev–Trinajstić information content (AvgIpc) is 3.62. The minimum atomic E-state index is -1.15. The number of anilines is 1. The van der Waals surface area contributed by atoms with Crippen LogP contribution in [-0.2, 0) is 11.3 Å². The lowest BCUT2D eigenvalue weighted by molar-refractivity contribution is -0.118. The number of benzene rings is 2. The summed E-state index contributed by atoms with van der Waals surface area (Å²) in [4.78, 5) is 45.7. The maximum Gasteiger partial charge on any atom is 0.339 e. The van der Waals surface area contributed by atoms with E-state index in [9.17, 15) is 18.8 Å². The Morgan fingerprint density at radius 2 is 2.05 bits per heavy atom. The van der Waals surface area contributed by atoms with Crippen LogP contribution in [0, 0.1) is 5.82 Å². The summed E-state index contributed by atoms with van der Waals surface area (Å²) < 4.78 is 18.1. The predicted octanol–water partition coefficient (Wildman–Crippen LogP) is 3.17. The van der Waals surface area contributed by atoms with Crippen molar-refractivity contribution in [3.05, 3.63) is 83.2 Å². The second-order valence-electron chi connectivity index (χ2n) is 9.01. The SMILES string of the molecule is Fc1cccc(C2CCCN2)c1.O=C1COc2ccc(CNC(=O)c3ncnc4c(C(=O)O)c[nH]c34)cc2N1. The van der Waals surface area contributed by atoms with E-state index in [-0.39, 0.29) is 47.2 Å². The van der Waals surface area contributed by atoms with Gasteiger partial charge in [-0.15, -0.1) is 0 Å². The molecule has 200 valence electrons. The number of aromatic amines is 1. The van der Waals surface area contributed by atoms with Crippen molar-refractivity contribution in [3.63, 3.8) is 0 Å². The molecule has 1 unspecified atom stereocenters. The summed E-state index contributed by atoms with van der Waals surface area (Å²) in [5, 5.41) is 17.9. The first kappa shape index (κ1) is 25.8. The molecule has 1 saturated heterocycles. The molecule has 0 spiro atoms. The van der Waals surface area contributed by atoms with E-state index >= 15 is 0 Å². The van der Waals surface area contributed by atoms with Gasteiger partial charge in [0.15, 0.2) is 12.3 Å². The van der Waals surface area contributed by atoms with Crippen LogP contribution >= 0.6 is 0 Å². The van der Waals surface area contributed by atoms with Crippen molar-refractivity contribution >= 4 is 34.5 Å². The van der Waals surface area contributed by atoms with Crippen LogP contribution in [0.5, 0.6) is 5.75 Å². The Balaban J connectivity index is 0.000000214. The highest BCUT2D eigenvalue weighted by molar-refractivity contribution is 6.08. The number of hydrogen-bond acceptors (Lipinski definition) is 7. The fraction of sp³-hybridized carbons (Fsp3) is 0.222. The molecule has 4 heterocycles. The summed E-state index contributed by atoms with van der Waals surface area (Å²) in [6.07, 6.45) is 4.73. The quantitative estimate of drug-likeness (QED) is 0.262. The Labute approximate surface area is 221 Å². The predicted molar refractivity (Wildman–Crippen MR) is 139 cm³/mol. The van der Waals surface area contributed by atoms with E-state index in [2.05, 4.69) is 30.9 Å². The number of aromatic nitrogens is 3. The third kappa shape index (κ3) is 5.85. The second kappa shape index (κ2) is 11.3. The number of H-pyrrole nitrogens is 1. The Morgan fingerprint density at radius 3 is 2.82 bits per heavy atom. The van der Waals surface area contributed by atoms with Crippen LogP contribution in [0.15, 0.2) is 55.0 Å². The minimum absolute atomic E-state index is 0.0265. The number of hydrogen-bond donors (Lipinski definition) is 5. The normalized spacial score (nSPS) is 15.9. The molecule has 0 saturated carbocycles. The molecule has 12 heteroatoms. The molecular formula is C27H25FN6O5. The average molecular weight is 533 g/mol. The van der Waals surface area contributed by atoms with Crippen LogP contribution in [0.4, 0.5) is 10.1 Å². The Hall–Kier alpha value is -4.84. The van der Waals surface area contributed by atoms with Gasteiger partial charge in [-0.25, -0.2) is 19.2 Å². The lowest BCUT2D eigenvalue weighted by Gasteiger charge is -2.18. The third-order valence-corrected chi connectivity index (χ3v) is 6.35. The lowest BCUT2D eigenvalue weighted by atomic mass is 10.1. The fourth-order valence-electron chi connectivity index (χ4n) is 4.47. The molecule has 6 rings (SSSR count). The summed E-state index contributed by atoms with van der Waals surface area (Å²) in [6.45, 7) is 1.21.